The van der Waals surface area contributed by atoms with Gasteiger partial charge in [0.1, 0.15) is 0 Å². The lowest BCUT2D eigenvalue weighted by Crippen LogP contribution is -2.40. The van der Waals surface area contributed by atoms with E-state index in [1.807, 2.05) is 12.1 Å². The van der Waals surface area contributed by atoms with Crippen LogP contribution < -0.4 is 9.47 Å². The molecule has 1 amide bonds. The van der Waals surface area contributed by atoms with Crippen LogP contribution >= 0.6 is 0 Å². The van der Waals surface area contributed by atoms with Gasteiger partial charge in [0.15, 0.2) is 11.5 Å². The van der Waals surface area contributed by atoms with E-state index in [1.165, 1.54) is 6.92 Å². The maximum Gasteiger partial charge on any atom is 0.220 e. The second-order valence-corrected chi connectivity index (χ2v) is 4.57. The van der Waals surface area contributed by atoms with Crippen LogP contribution in [0.15, 0.2) is 12.1 Å². The van der Waals surface area contributed by atoms with Crippen LogP contribution in [0.4, 0.5) is 0 Å². The van der Waals surface area contributed by atoms with Gasteiger partial charge < -0.3 is 19.5 Å². The van der Waals surface area contributed by atoms with Crippen molar-refractivity contribution in [2.45, 2.75) is 19.4 Å². The van der Waals surface area contributed by atoms with Crippen LogP contribution in [0.25, 0.3) is 0 Å². The highest BCUT2D eigenvalue weighted by molar-refractivity contribution is 5.74. The van der Waals surface area contributed by atoms with E-state index in [9.17, 15) is 9.90 Å². The van der Waals surface area contributed by atoms with Crippen molar-refractivity contribution < 1.29 is 19.4 Å². The Labute approximate surface area is 112 Å². The first-order valence-corrected chi connectivity index (χ1v) is 6.25. The highest BCUT2D eigenvalue weighted by Crippen LogP contribution is 2.37. The number of ether oxygens (including phenoxy) is 2. The number of nitrogens with zero attached hydrogens (tertiary/aromatic N) is 1. The zero-order valence-corrected chi connectivity index (χ0v) is 11.5. The molecule has 1 heterocycles. The molecule has 5 nitrogen and oxygen atoms in total. The van der Waals surface area contributed by atoms with Gasteiger partial charge in [0.25, 0.3) is 0 Å². The highest BCUT2D eigenvalue weighted by Gasteiger charge is 2.29. The minimum Gasteiger partial charge on any atom is -0.493 e. The van der Waals surface area contributed by atoms with E-state index in [1.54, 1.807) is 19.1 Å². The predicted octanol–water partition coefficient (Wildman–Crippen LogP) is 1.14. The van der Waals surface area contributed by atoms with Gasteiger partial charge in [-0.15, -0.1) is 0 Å². The van der Waals surface area contributed by atoms with E-state index in [0.29, 0.717) is 18.0 Å². The van der Waals surface area contributed by atoms with Crippen molar-refractivity contribution in [1.82, 2.24) is 4.90 Å². The molecule has 1 aliphatic heterocycles. The third-order valence-corrected chi connectivity index (χ3v) is 3.58. The van der Waals surface area contributed by atoms with Gasteiger partial charge in [-0.05, 0) is 29.7 Å². The van der Waals surface area contributed by atoms with Crippen molar-refractivity contribution in [2.75, 3.05) is 27.4 Å². The molecular weight excluding hydrogens is 246 g/mol. The third-order valence-electron chi connectivity index (χ3n) is 3.58. The molecule has 0 saturated carbocycles. The summed E-state index contributed by atoms with van der Waals surface area (Å²) in [5.41, 5.74) is 2.02. The molecule has 19 heavy (non-hydrogen) atoms. The normalized spacial score (nSPS) is 17.9. The van der Waals surface area contributed by atoms with Gasteiger partial charge in [0, 0.05) is 13.5 Å². The topological polar surface area (TPSA) is 59.0 Å². The maximum absolute atomic E-state index is 11.6. The van der Waals surface area contributed by atoms with Crippen LogP contribution in [0.3, 0.4) is 0 Å². The van der Waals surface area contributed by atoms with E-state index in [2.05, 4.69) is 0 Å². The average molecular weight is 265 g/mol. The summed E-state index contributed by atoms with van der Waals surface area (Å²) in [7, 11) is 3.17. The minimum atomic E-state index is -0.305. The second-order valence-electron chi connectivity index (χ2n) is 4.57. The first-order valence-electron chi connectivity index (χ1n) is 6.25. The van der Waals surface area contributed by atoms with Crippen LogP contribution in [0.5, 0.6) is 11.5 Å². The molecule has 1 N–H and O–H groups in total. The van der Waals surface area contributed by atoms with Crippen LogP contribution in [-0.4, -0.2) is 43.3 Å². The number of carbonyl (C=O) groups is 1. The summed E-state index contributed by atoms with van der Waals surface area (Å²) in [6.07, 6.45) is 0.756. The second kappa shape index (κ2) is 5.48. The quantitative estimate of drug-likeness (QED) is 0.890. The molecule has 1 aromatic rings. The highest BCUT2D eigenvalue weighted by atomic mass is 16.5. The molecule has 2 rings (SSSR count). The van der Waals surface area contributed by atoms with E-state index in [4.69, 9.17) is 9.47 Å². The zero-order valence-electron chi connectivity index (χ0n) is 11.5. The molecule has 5 heteroatoms. The molecule has 1 aromatic carbocycles. The number of methoxy groups -OCH3 is 2. The summed E-state index contributed by atoms with van der Waals surface area (Å²) in [6, 6.07) is 3.47. The number of hydrogen-bond donors (Lipinski definition) is 1. The average Bonchev–Trinajstić information content (AvgIpc) is 2.43. The third kappa shape index (κ3) is 2.38. The molecule has 0 radical (unpaired) electrons. The Morgan fingerprint density at radius 1 is 1.37 bits per heavy atom. The van der Waals surface area contributed by atoms with Gasteiger partial charge in [-0.2, -0.15) is 0 Å². The van der Waals surface area contributed by atoms with Crippen LogP contribution in [-0.2, 0) is 11.2 Å². The van der Waals surface area contributed by atoms with Crippen molar-refractivity contribution in [3.05, 3.63) is 23.3 Å². The molecule has 104 valence electrons. The summed E-state index contributed by atoms with van der Waals surface area (Å²) in [5, 5.41) is 9.58. The van der Waals surface area contributed by atoms with Gasteiger partial charge >= 0.3 is 0 Å². The number of hydrogen-bond acceptors (Lipinski definition) is 4. The largest absolute Gasteiger partial charge is 0.493 e. The number of rotatable bonds is 3. The van der Waals surface area contributed by atoms with Crippen molar-refractivity contribution in [3.8, 4) is 11.5 Å². The smallest absolute Gasteiger partial charge is 0.220 e. The number of fused-ring (bicyclic) bond motifs is 1. The molecule has 0 aromatic heterocycles. The van der Waals surface area contributed by atoms with Crippen LogP contribution in [0, 0.1) is 0 Å². The number of aliphatic hydroxyl groups excluding tert-OH is 1. The summed E-state index contributed by atoms with van der Waals surface area (Å²) in [4.78, 5) is 13.3. The Morgan fingerprint density at radius 3 is 2.53 bits per heavy atom. The molecule has 0 saturated heterocycles. The maximum atomic E-state index is 11.6. The lowest BCUT2D eigenvalue weighted by Gasteiger charge is -2.36. The fourth-order valence-corrected chi connectivity index (χ4v) is 2.60. The van der Waals surface area contributed by atoms with Crippen molar-refractivity contribution >= 4 is 5.91 Å². The summed E-state index contributed by atoms with van der Waals surface area (Å²) >= 11 is 0. The first kappa shape index (κ1) is 13.7. The Balaban J connectivity index is 2.48. The SMILES string of the molecule is COc1cc2c(cc1OC)[C@@H](CO)N(C(C)=O)CC2. The van der Waals surface area contributed by atoms with Crippen molar-refractivity contribution in [3.63, 3.8) is 0 Å². The number of aliphatic hydroxyl groups is 1. The van der Waals surface area contributed by atoms with E-state index in [-0.39, 0.29) is 18.6 Å². The van der Waals surface area contributed by atoms with Gasteiger partial charge in [0.05, 0.1) is 26.9 Å². The minimum absolute atomic E-state index is 0.0283. The monoisotopic (exact) mass is 265 g/mol. The fourth-order valence-electron chi connectivity index (χ4n) is 2.60. The molecule has 0 fully saturated rings. The van der Waals surface area contributed by atoms with Gasteiger partial charge in [-0.3, -0.25) is 4.79 Å². The van der Waals surface area contributed by atoms with Gasteiger partial charge in [0.2, 0.25) is 5.91 Å². The Hall–Kier alpha value is -1.75. The summed E-state index contributed by atoms with van der Waals surface area (Å²) in [5.74, 6) is 1.26. The van der Waals surface area contributed by atoms with Crippen LogP contribution in [0.2, 0.25) is 0 Å². The fraction of sp³-hybridized carbons (Fsp3) is 0.500. The van der Waals surface area contributed by atoms with Gasteiger partial charge in [-0.25, -0.2) is 0 Å². The molecule has 1 aliphatic rings. The Morgan fingerprint density at radius 2 is 2.00 bits per heavy atom. The zero-order chi connectivity index (χ0) is 14.0. The predicted molar refractivity (Wildman–Crippen MR) is 70.5 cm³/mol. The molecular formula is C14H19NO4. The molecule has 0 bridgehead atoms. The van der Waals surface area contributed by atoms with E-state index < -0.39 is 0 Å². The van der Waals surface area contributed by atoms with Crippen LogP contribution in [0.1, 0.15) is 24.1 Å². The van der Waals surface area contributed by atoms with Crippen molar-refractivity contribution in [1.29, 1.82) is 0 Å². The Kier molecular flexibility index (Phi) is 3.95. The molecule has 0 spiro atoms. The number of carbonyl (C=O) groups excluding carboxylic acids is 1. The summed E-state index contributed by atoms with van der Waals surface area (Å²) in [6.45, 7) is 2.04. The number of amides is 1. The molecule has 0 aliphatic carbocycles. The van der Waals surface area contributed by atoms with E-state index >= 15 is 0 Å². The summed E-state index contributed by atoms with van der Waals surface area (Å²) < 4.78 is 10.6. The lowest BCUT2D eigenvalue weighted by atomic mass is 9.92. The van der Waals surface area contributed by atoms with Gasteiger partial charge in [-0.1, -0.05) is 0 Å². The molecule has 1 atom stereocenters. The number of benzene rings is 1. The Bertz CT molecular complexity index is 487. The lowest BCUT2D eigenvalue weighted by molar-refractivity contribution is -0.132. The first-order chi connectivity index (χ1) is 9.12. The van der Waals surface area contributed by atoms with Crippen molar-refractivity contribution in [2.24, 2.45) is 0 Å². The molecule has 0 unspecified atom stereocenters. The van der Waals surface area contributed by atoms with E-state index in [0.717, 1.165) is 17.5 Å². The standard InChI is InChI=1S/C14H19NO4/c1-9(17)15-5-4-10-6-13(18-2)14(19-3)7-11(10)12(15)8-16/h6-7,12,16H,4-5,8H2,1-3H3/t12-/m1/s1.